The van der Waals surface area contributed by atoms with Gasteiger partial charge < -0.3 is 5.11 Å². The van der Waals surface area contributed by atoms with E-state index in [1.165, 1.54) is 69.8 Å². The maximum Gasteiger partial charge on any atom is 0.0594 e. The Hall–Kier alpha value is -0.300. The molecule has 0 aliphatic heterocycles. The van der Waals surface area contributed by atoms with Gasteiger partial charge in [0.05, 0.1) is 6.10 Å². The van der Waals surface area contributed by atoms with E-state index in [-0.39, 0.29) is 11.5 Å². The van der Waals surface area contributed by atoms with Crippen LogP contribution in [-0.4, -0.2) is 11.2 Å². The largest absolute Gasteiger partial charge is 0.393 e. The van der Waals surface area contributed by atoms with Crippen molar-refractivity contribution in [3.63, 3.8) is 0 Å². The van der Waals surface area contributed by atoms with Crippen LogP contribution in [0.15, 0.2) is 12.2 Å². The van der Waals surface area contributed by atoms with Crippen molar-refractivity contribution in [2.45, 2.75) is 125 Å². The number of rotatable bonds is 5. The number of aliphatic hydroxyl groups excluding tert-OH is 1. The summed E-state index contributed by atoms with van der Waals surface area (Å²) in [6.45, 7) is 21.7. The van der Waals surface area contributed by atoms with Crippen molar-refractivity contribution in [1.82, 2.24) is 0 Å². The van der Waals surface area contributed by atoms with Crippen molar-refractivity contribution in [3.8, 4) is 0 Å². The Labute approximate surface area is 193 Å². The van der Waals surface area contributed by atoms with Crippen molar-refractivity contribution in [1.29, 1.82) is 0 Å². The highest BCUT2D eigenvalue weighted by Crippen LogP contribution is 2.74. The lowest BCUT2D eigenvalue weighted by molar-refractivity contribution is -0.200. The van der Waals surface area contributed by atoms with Crippen LogP contribution in [0, 0.1) is 51.2 Å². The van der Waals surface area contributed by atoms with Gasteiger partial charge in [0.15, 0.2) is 0 Å². The molecule has 1 nitrogen and oxygen atoms in total. The van der Waals surface area contributed by atoms with Gasteiger partial charge in [0.2, 0.25) is 0 Å². The van der Waals surface area contributed by atoms with Crippen LogP contribution < -0.4 is 0 Å². The van der Waals surface area contributed by atoms with E-state index in [4.69, 9.17) is 0 Å². The first-order chi connectivity index (χ1) is 14.4. The fraction of sp³-hybridized carbons (Fsp3) is 0.933. The lowest BCUT2D eigenvalue weighted by Crippen LogP contribution is -2.61. The highest BCUT2D eigenvalue weighted by Gasteiger charge is 2.67. The molecule has 0 saturated heterocycles. The molecule has 31 heavy (non-hydrogen) atoms. The number of aliphatic hydroxyl groups is 1. The molecule has 0 amide bonds. The number of fused-ring (bicyclic) bond motifs is 5. The molecular weight excluding hydrogens is 376 g/mol. The fourth-order valence-corrected chi connectivity index (χ4v) is 10.4. The quantitative estimate of drug-likeness (QED) is 0.436. The molecule has 1 N–H and O–H groups in total. The average Bonchev–Trinajstić information content (AvgIpc) is 2.96. The molecule has 0 unspecified atom stereocenters. The van der Waals surface area contributed by atoms with E-state index >= 15 is 0 Å². The summed E-state index contributed by atoms with van der Waals surface area (Å²) < 4.78 is 0. The third-order valence-corrected chi connectivity index (χ3v) is 12.4. The van der Waals surface area contributed by atoms with Gasteiger partial charge in [0, 0.05) is 0 Å². The third-order valence-electron chi connectivity index (χ3n) is 12.4. The normalized spacial score (nSPS) is 49.6. The molecule has 0 aromatic heterocycles. The molecule has 0 heterocycles. The van der Waals surface area contributed by atoms with Crippen molar-refractivity contribution >= 4 is 0 Å². The van der Waals surface area contributed by atoms with E-state index < -0.39 is 0 Å². The van der Waals surface area contributed by atoms with Crippen LogP contribution >= 0.6 is 0 Å². The number of allylic oxidation sites excluding steroid dienone is 1. The Morgan fingerprint density at radius 3 is 2.26 bits per heavy atom. The fourth-order valence-electron chi connectivity index (χ4n) is 10.4. The second kappa shape index (κ2) is 7.89. The van der Waals surface area contributed by atoms with Crippen molar-refractivity contribution in [2.24, 2.45) is 51.2 Å². The molecular formula is C30H52O. The van der Waals surface area contributed by atoms with E-state index in [0.29, 0.717) is 22.2 Å². The lowest BCUT2D eigenvalue weighted by Gasteiger charge is -2.67. The van der Waals surface area contributed by atoms with Crippen LogP contribution in [0.5, 0.6) is 0 Å². The molecule has 0 spiro atoms. The molecule has 0 aromatic carbocycles. The van der Waals surface area contributed by atoms with E-state index in [1.54, 1.807) is 0 Å². The van der Waals surface area contributed by atoms with Crippen LogP contribution in [0.4, 0.5) is 0 Å². The standard InChI is InChI=1S/C30H52O/c1-20(2)10-9-11-21(3)22-14-18-30(8)24-12-13-25-27(4,5)26(31)16-17-28(25,6)23(24)15-19-29(22,30)7/h21-26,31H,1,9-19H2,2-8H3/t21-,22-,23+,24-,25+,26+,28-,29-,30+/m1/s1. The molecule has 4 saturated carbocycles. The van der Waals surface area contributed by atoms with Gasteiger partial charge in [-0.25, -0.2) is 0 Å². The summed E-state index contributed by atoms with van der Waals surface area (Å²) in [6.07, 6.45) is 14.6. The zero-order chi connectivity index (χ0) is 22.8. The van der Waals surface area contributed by atoms with Gasteiger partial charge in [0.1, 0.15) is 0 Å². The molecule has 4 aliphatic carbocycles. The van der Waals surface area contributed by atoms with Gasteiger partial charge in [0.25, 0.3) is 0 Å². The van der Waals surface area contributed by atoms with Crippen LogP contribution in [0.3, 0.4) is 0 Å². The van der Waals surface area contributed by atoms with Gasteiger partial charge in [-0.2, -0.15) is 0 Å². The minimum Gasteiger partial charge on any atom is -0.393 e. The zero-order valence-corrected chi connectivity index (χ0v) is 21.9. The molecule has 1 heteroatoms. The molecule has 9 atom stereocenters. The Bertz CT molecular complexity index is 693. The summed E-state index contributed by atoms with van der Waals surface area (Å²) in [7, 11) is 0. The third kappa shape index (κ3) is 3.41. The highest BCUT2D eigenvalue weighted by atomic mass is 16.3. The second-order valence-corrected chi connectivity index (χ2v) is 14.1. The topological polar surface area (TPSA) is 20.2 Å². The first kappa shape index (κ1) is 23.8. The molecule has 178 valence electrons. The van der Waals surface area contributed by atoms with E-state index in [9.17, 15) is 5.11 Å². The summed E-state index contributed by atoms with van der Waals surface area (Å²) in [6, 6.07) is 0. The van der Waals surface area contributed by atoms with Gasteiger partial charge in [-0.15, -0.1) is 6.58 Å². The van der Waals surface area contributed by atoms with E-state index in [1.807, 2.05) is 0 Å². The first-order valence-corrected chi connectivity index (χ1v) is 13.7. The summed E-state index contributed by atoms with van der Waals surface area (Å²) in [4.78, 5) is 0. The summed E-state index contributed by atoms with van der Waals surface area (Å²) in [5, 5.41) is 10.8. The van der Waals surface area contributed by atoms with E-state index in [2.05, 4.69) is 55.0 Å². The van der Waals surface area contributed by atoms with E-state index in [0.717, 1.165) is 30.1 Å². The van der Waals surface area contributed by atoms with Crippen LogP contribution in [-0.2, 0) is 0 Å². The Kier molecular flexibility index (Phi) is 6.07. The van der Waals surface area contributed by atoms with Crippen molar-refractivity contribution in [3.05, 3.63) is 12.2 Å². The Balaban J connectivity index is 1.56. The zero-order valence-electron chi connectivity index (χ0n) is 21.9. The first-order valence-electron chi connectivity index (χ1n) is 13.7. The van der Waals surface area contributed by atoms with Gasteiger partial charge >= 0.3 is 0 Å². The average molecular weight is 429 g/mol. The van der Waals surface area contributed by atoms with Crippen LogP contribution in [0.1, 0.15) is 119 Å². The van der Waals surface area contributed by atoms with Gasteiger partial charge in [-0.3, -0.25) is 0 Å². The predicted molar refractivity (Wildman–Crippen MR) is 133 cm³/mol. The molecule has 0 bridgehead atoms. The minimum absolute atomic E-state index is 0.0790. The monoisotopic (exact) mass is 428 g/mol. The van der Waals surface area contributed by atoms with Crippen LogP contribution in [0.2, 0.25) is 0 Å². The predicted octanol–water partition coefficient (Wildman–Crippen LogP) is 8.41. The highest BCUT2D eigenvalue weighted by molar-refractivity contribution is 5.16. The molecule has 4 rings (SSSR count). The number of hydrogen-bond donors (Lipinski definition) is 1. The Morgan fingerprint density at radius 1 is 0.903 bits per heavy atom. The molecule has 0 radical (unpaired) electrons. The Morgan fingerprint density at radius 2 is 1.58 bits per heavy atom. The minimum atomic E-state index is -0.109. The molecule has 4 fully saturated rings. The summed E-state index contributed by atoms with van der Waals surface area (Å²) in [5.74, 6) is 4.20. The van der Waals surface area contributed by atoms with Gasteiger partial charge in [-0.1, -0.05) is 53.5 Å². The van der Waals surface area contributed by atoms with Crippen molar-refractivity contribution in [2.75, 3.05) is 0 Å². The maximum atomic E-state index is 10.8. The molecule has 0 aromatic rings. The van der Waals surface area contributed by atoms with Gasteiger partial charge in [-0.05, 0) is 122 Å². The van der Waals surface area contributed by atoms with Crippen molar-refractivity contribution < 1.29 is 5.11 Å². The van der Waals surface area contributed by atoms with Crippen LogP contribution in [0.25, 0.3) is 0 Å². The summed E-state index contributed by atoms with van der Waals surface area (Å²) >= 11 is 0. The number of hydrogen-bond acceptors (Lipinski definition) is 1. The lowest BCUT2D eigenvalue weighted by atomic mass is 9.38. The second-order valence-electron chi connectivity index (χ2n) is 14.1. The summed E-state index contributed by atoms with van der Waals surface area (Å²) in [5.41, 5.74) is 2.89. The SMILES string of the molecule is C=C(C)CCC[C@@H](C)[C@H]1CC[C@@]2(C)[C@@H]3CC[C@H]4C(C)(C)[C@@H](O)CC[C@]4(C)[C@H]3CC[C@]12C. The molecule has 4 aliphatic rings. The maximum absolute atomic E-state index is 10.8. The smallest absolute Gasteiger partial charge is 0.0594 e.